The van der Waals surface area contributed by atoms with Crippen LogP contribution in [-0.2, 0) is 6.42 Å². The van der Waals surface area contributed by atoms with E-state index in [1.54, 1.807) is 11.3 Å². The largest absolute Gasteiger partial charge is 0.490 e. The highest BCUT2D eigenvalue weighted by atomic mass is 32.1. The number of nitrogens with zero attached hydrogens (tertiary/aromatic N) is 2. The van der Waals surface area contributed by atoms with Gasteiger partial charge in [0.05, 0.1) is 5.69 Å². The summed E-state index contributed by atoms with van der Waals surface area (Å²) in [4.78, 5) is 9.07. The van der Waals surface area contributed by atoms with Crippen LogP contribution in [0.3, 0.4) is 0 Å². The maximum atomic E-state index is 6.23. The number of nitrogens with one attached hydrogen (secondary N) is 1. The lowest BCUT2D eigenvalue weighted by molar-refractivity contribution is 0.216. The van der Waals surface area contributed by atoms with Crippen molar-refractivity contribution in [3.8, 4) is 17.0 Å². The average molecular weight is 422 g/mol. The van der Waals surface area contributed by atoms with E-state index in [-0.39, 0.29) is 0 Å². The van der Waals surface area contributed by atoms with E-state index in [1.807, 2.05) is 19.2 Å². The van der Waals surface area contributed by atoms with Crippen molar-refractivity contribution in [2.24, 2.45) is 0 Å². The molecule has 30 heavy (non-hydrogen) atoms. The van der Waals surface area contributed by atoms with Crippen molar-refractivity contribution in [2.45, 2.75) is 71.3 Å². The molecule has 0 fully saturated rings. The first-order valence-electron chi connectivity index (χ1n) is 11.2. The van der Waals surface area contributed by atoms with Crippen LogP contribution in [0.25, 0.3) is 11.3 Å². The second-order valence-electron chi connectivity index (χ2n) is 8.17. The van der Waals surface area contributed by atoms with Gasteiger partial charge in [0.1, 0.15) is 11.9 Å². The Labute approximate surface area is 183 Å². The molecule has 0 saturated heterocycles. The molecule has 0 saturated carbocycles. The fraction of sp³-hybridized carbons (Fsp3) is 0.440. The van der Waals surface area contributed by atoms with Gasteiger partial charge in [-0.3, -0.25) is 4.98 Å². The van der Waals surface area contributed by atoms with E-state index in [4.69, 9.17) is 9.72 Å². The van der Waals surface area contributed by atoms with Gasteiger partial charge in [-0.25, -0.2) is 4.98 Å². The summed E-state index contributed by atoms with van der Waals surface area (Å²) in [6.07, 6.45) is 12.4. The lowest BCUT2D eigenvalue weighted by Gasteiger charge is -2.10. The van der Waals surface area contributed by atoms with Crippen LogP contribution in [0.1, 0.15) is 63.1 Å². The van der Waals surface area contributed by atoms with Gasteiger partial charge < -0.3 is 10.1 Å². The molecule has 1 aliphatic heterocycles. The Morgan fingerprint density at radius 3 is 2.80 bits per heavy atom. The van der Waals surface area contributed by atoms with Crippen molar-refractivity contribution in [2.75, 3.05) is 5.32 Å². The van der Waals surface area contributed by atoms with E-state index >= 15 is 0 Å². The minimum absolute atomic E-state index is 0.335. The van der Waals surface area contributed by atoms with Gasteiger partial charge in [0.15, 0.2) is 5.13 Å². The Hall–Kier alpha value is -2.40. The number of benzene rings is 1. The molecule has 1 aliphatic rings. The standard InChI is InChI=1S/C25H31N3OS/c1-3-4-5-6-7-8-9-22-14-19-12-13-21(15-24(19)29-22)27-25-28-23(17-30-25)20-11-10-18(2)26-16-20/h10-13,15-17,22H,3-9,14H2,1-2H3,(H,27,28). The number of pyridine rings is 1. The number of thiazole rings is 1. The number of rotatable bonds is 10. The molecule has 5 heteroatoms. The van der Waals surface area contributed by atoms with Crippen molar-refractivity contribution in [1.82, 2.24) is 9.97 Å². The summed E-state index contributed by atoms with van der Waals surface area (Å²) in [6, 6.07) is 10.5. The molecule has 158 valence electrons. The average Bonchev–Trinajstić information content (AvgIpc) is 3.37. The predicted molar refractivity (Wildman–Crippen MR) is 126 cm³/mol. The van der Waals surface area contributed by atoms with Crippen molar-refractivity contribution < 1.29 is 4.74 Å². The van der Waals surface area contributed by atoms with Crippen LogP contribution < -0.4 is 10.1 Å². The lowest BCUT2D eigenvalue weighted by atomic mass is 10.0. The fourth-order valence-corrected chi connectivity index (χ4v) is 4.64. The van der Waals surface area contributed by atoms with Crippen LogP contribution in [0.4, 0.5) is 10.8 Å². The van der Waals surface area contributed by atoms with Crippen LogP contribution in [0.2, 0.25) is 0 Å². The predicted octanol–water partition coefficient (Wildman–Crippen LogP) is 7.31. The Bertz CT molecular complexity index is 951. The Kier molecular flexibility index (Phi) is 7.00. The number of fused-ring (bicyclic) bond motifs is 1. The number of aromatic nitrogens is 2. The quantitative estimate of drug-likeness (QED) is 0.349. The van der Waals surface area contributed by atoms with E-state index in [2.05, 4.69) is 46.9 Å². The van der Waals surface area contributed by atoms with Crippen molar-refractivity contribution in [3.63, 3.8) is 0 Å². The molecule has 0 spiro atoms. The molecule has 0 aliphatic carbocycles. The van der Waals surface area contributed by atoms with Gasteiger partial charge >= 0.3 is 0 Å². The highest BCUT2D eigenvalue weighted by Crippen LogP contribution is 2.35. The van der Waals surface area contributed by atoms with Crippen molar-refractivity contribution >= 4 is 22.2 Å². The van der Waals surface area contributed by atoms with Gasteiger partial charge in [-0.15, -0.1) is 11.3 Å². The van der Waals surface area contributed by atoms with Gasteiger partial charge in [-0.1, -0.05) is 45.1 Å². The number of ether oxygens (including phenoxy) is 1. The highest BCUT2D eigenvalue weighted by molar-refractivity contribution is 7.14. The molecule has 1 N–H and O–H groups in total. The Balaban J connectivity index is 1.30. The summed E-state index contributed by atoms with van der Waals surface area (Å²) >= 11 is 1.61. The van der Waals surface area contributed by atoms with E-state index in [0.717, 1.165) is 46.4 Å². The molecule has 3 aromatic rings. The maximum Gasteiger partial charge on any atom is 0.187 e. The second-order valence-corrected chi connectivity index (χ2v) is 9.03. The van der Waals surface area contributed by atoms with Crippen LogP contribution >= 0.6 is 11.3 Å². The molecule has 0 bridgehead atoms. The molecule has 1 atom stereocenters. The third-order valence-electron chi connectivity index (χ3n) is 5.65. The molecule has 0 radical (unpaired) electrons. The topological polar surface area (TPSA) is 47.0 Å². The van der Waals surface area contributed by atoms with Gasteiger partial charge in [0, 0.05) is 41.0 Å². The smallest absolute Gasteiger partial charge is 0.187 e. The Morgan fingerprint density at radius 2 is 1.97 bits per heavy atom. The number of hydrogen-bond donors (Lipinski definition) is 1. The molecule has 1 aromatic carbocycles. The zero-order valence-electron chi connectivity index (χ0n) is 18.0. The van der Waals surface area contributed by atoms with Gasteiger partial charge in [-0.05, 0) is 43.5 Å². The molecule has 1 unspecified atom stereocenters. The van der Waals surface area contributed by atoms with Crippen LogP contribution in [0, 0.1) is 6.92 Å². The van der Waals surface area contributed by atoms with Crippen molar-refractivity contribution in [1.29, 1.82) is 0 Å². The summed E-state index contributed by atoms with van der Waals surface area (Å²) in [5.41, 5.74) is 5.35. The third-order valence-corrected chi connectivity index (χ3v) is 6.41. The molecule has 4 rings (SSSR count). The number of unbranched alkanes of at least 4 members (excludes halogenated alkanes) is 5. The molecular formula is C25H31N3OS. The molecule has 2 aromatic heterocycles. The molecule has 3 heterocycles. The van der Waals surface area contributed by atoms with E-state index in [0.29, 0.717) is 6.10 Å². The summed E-state index contributed by atoms with van der Waals surface area (Å²) in [5, 5.41) is 6.38. The van der Waals surface area contributed by atoms with Crippen LogP contribution in [0.15, 0.2) is 41.9 Å². The fourth-order valence-electron chi connectivity index (χ4n) is 3.90. The first kappa shape index (κ1) is 20.9. The summed E-state index contributed by atoms with van der Waals surface area (Å²) < 4.78 is 6.23. The lowest BCUT2D eigenvalue weighted by Crippen LogP contribution is -2.12. The maximum absolute atomic E-state index is 6.23. The number of aryl methyl sites for hydroxylation is 1. The summed E-state index contributed by atoms with van der Waals surface area (Å²) in [6.45, 7) is 4.26. The third kappa shape index (κ3) is 5.39. The van der Waals surface area contributed by atoms with E-state index in [1.165, 1.54) is 44.1 Å². The van der Waals surface area contributed by atoms with Crippen LogP contribution in [0.5, 0.6) is 5.75 Å². The first-order valence-corrected chi connectivity index (χ1v) is 12.0. The summed E-state index contributed by atoms with van der Waals surface area (Å²) in [7, 11) is 0. The normalized spacial score (nSPS) is 15.1. The number of hydrogen-bond acceptors (Lipinski definition) is 5. The van der Waals surface area contributed by atoms with Gasteiger partial charge in [0.2, 0.25) is 0 Å². The second kappa shape index (κ2) is 10.1. The minimum Gasteiger partial charge on any atom is -0.490 e. The van der Waals surface area contributed by atoms with E-state index < -0.39 is 0 Å². The molecule has 0 amide bonds. The minimum atomic E-state index is 0.335. The Morgan fingerprint density at radius 1 is 1.10 bits per heavy atom. The SMILES string of the molecule is CCCCCCCCC1Cc2ccc(Nc3nc(-c4ccc(C)nc4)cs3)cc2O1. The van der Waals surface area contributed by atoms with Gasteiger partial charge in [-0.2, -0.15) is 0 Å². The molecule has 4 nitrogen and oxygen atoms in total. The van der Waals surface area contributed by atoms with Crippen LogP contribution in [-0.4, -0.2) is 16.1 Å². The first-order chi connectivity index (χ1) is 14.7. The zero-order valence-corrected chi connectivity index (χ0v) is 18.8. The zero-order chi connectivity index (χ0) is 20.8. The molecular weight excluding hydrogens is 390 g/mol. The van der Waals surface area contributed by atoms with Gasteiger partial charge in [0.25, 0.3) is 0 Å². The van der Waals surface area contributed by atoms with E-state index in [9.17, 15) is 0 Å². The highest BCUT2D eigenvalue weighted by Gasteiger charge is 2.22. The summed E-state index contributed by atoms with van der Waals surface area (Å²) in [5.74, 6) is 1.02. The number of anilines is 2. The van der Waals surface area contributed by atoms with Crippen molar-refractivity contribution in [3.05, 3.63) is 53.2 Å². The monoisotopic (exact) mass is 421 g/mol.